The van der Waals surface area contributed by atoms with E-state index in [0.717, 1.165) is 30.4 Å². The Hall–Kier alpha value is -0.380. The number of halogens is 1. The molecule has 0 aliphatic rings. The van der Waals surface area contributed by atoms with Crippen LogP contribution in [0.3, 0.4) is 0 Å². The van der Waals surface area contributed by atoms with E-state index >= 15 is 0 Å². The number of thioether (sulfide) groups is 1. The van der Waals surface area contributed by atoms with Crippen molar-refractivity contribution >= 4 is 29.1 Å². The van der Waals surface area contributed by atoms with E-state index in [1.54, 1.807) is 0 Å². The Labute approximate surface area is 114 Å². The number of hydrogen-bond donors (Lipinski definition) is 1. The quantitative estimate of drug-likeness (QED) is 0.820. The first kappa shape index (κ1) is 14.7. The van der Waals surface area contributed by atoms with Crippen molar-refractivity contribution in [1.82, 2.24) is 5.32 Å². The molecule has 0 fully saturated rings. The van der Waals surface area contributed by atoms with Gasteiger partial charge < -0.3 is 10.2 Å². The number of nitrogens with zero attached hydrogens (tertiary/aromatic N) is 1. The van der Waals surface area contributed by atoms with E-state index in [1.165, 1.54) is 11.3 Å². The molecular formula is C13H21ClN2S. The Morgan fingerprint density at radius 1 is 1.41 bits per heavy atom. The molecule has 0 heterocycles. The Morgan fingerprint density at radius 2 is 2.18 bits per heavy atom. The summed E-state index contributed by atoms with van der Waals surface area (Å²) in [6, 6.07) is 6.11. The molecule has 96 valence electrons. The fraction of sp³-hybridized carbons (Fsp3) is 0.538. The second-order valence-electron chi connectivity index (χ2n) is 3.93. The number of anilines is 1. The molecule has 2 nitrogen and oxygen atoms in total. The third kappa shape index (κ3) is 4.41. The molecule has 0 aliphatic heterocycles. The van der Waals surface area contributed by atoms with Gasteiger partial charge in [-0.2, -0.15) is 11.8 Å². The maximum absolute atomic E-state index is 6.27. The van der Waals surface area contributed by atoms with E-state index in [4.69, 9.17) is 11.6 Å². The molecule has 0 radical (unpaired) electrons. The summed E-state index contributed by atoms with van der Waals surface area (Å²) in [7, 11) is 2.12. The highest BCUT2D eigenvalue weighted by Crippen LogP contribution is 2.26. The van der Waals surface area contributed by atoms with Crippen LogP contribution in [0.2, 0.25) is 5.02 Å². The van der Waals surface area contributed by atoms with Crippen molar-refractivity contribution in [3.05, 3.63) is 28.8 Å². The second kappa shape index (κ2) is 7.85. The molecule has 1 rings (SSSR count). The highest BCUT2D eigenvalue weighted by molar-refractivity contribution is 7.98. The molecule has 0 unspecified atom stereocenters. The molecule has 0 amide bonds. The lowest BCUT2D eigenvalue weighted by atomic mass is 10.1. The van der Waals surface area contributed by atoms with E-state index in [1.807, 2.05) is 23.9 Å². The van der Waals surface area contributed by atoms with Crippen LogP contribution in [-0.2, 0) is 6.54 Å². The number of nitrogens with one attached hydrogen (secondary N) is 1. The molecule has 1 N–H and O–H groups in total. The molecule has 0 atom stereocenters. The zero-order chi connectivity index (χ0) is 12.7. The summed E-state index contributed by atoms with van der Waals surface area (Å²) in [5.41, 5.74) is 2.42. The molecule has 0 aliphatic carbocycles. The first-order valence-corrected chi connectivity index (χ1v) is 7.66. The predicted octanol–water partition coefficient (Wildman–Crippen LogP) is 3.25. The zero-order valence-corrected chi connectivity index (χ0v) is 12.4. The van der Waals surface area contributed by atoms with Gasteiger partial charge in [0.15, 0.2) is 0 Å². The van der Waals surface area contributed by atoms with E-state index in [2.05, 4.69) is 36.5 Å². The van der Waals surface area contributed by atoms with Crippen LogP contribution >= 0.6 is 23.4 Å². The number of hydrogen-bond acceptors (Lipinski definition) is 3. The monoisotopic (exact) mass is 272 g/mol. The molecule has 0 saturated heterocycles. The lowest BCUT2D eigenvalue weighted by molar-refractivity contribution is 0.724. The van der Waals surface area contributed by atoms with Crippen molar-refractivity contribution in [3.8, 4) is 0 Å². The summed E-state index contributed by atoms with van der Waals surface area (Å²) in [6.45, 7) is 4.93. The Balaban J connectivity index is 2.84. The van der Waals surface area contributed by atoms with Crippen LogP contribution in [-0.4, -0.2) is 32.1 Å². The average molecular weight is 273 g/mol. The van der Waals surface area contributed by atoms with Gasteiger partial charge in [-0.3, -0.25) is 0 Å². The predicted molar refractivity (Wildman–Crippen MR) is 80.5 cm³/mol. The summed E-state index contributed by atoms with van der Waals surface area (Å²) in [6.07, 6.45) is 2.13. The largest absolute Gasteiger partial charge is 0.373 e. The van der Waals surface area contributed by atoms with Crippen LogP contribution in [0.25, 0.3) is 0 Å². The molecule has 4 heteroatoms. The molecule has 0 aromatic heterocycles. The first-order valence-electron chi connectivity index (χ1n) is 5.88. The maximum Gasteiger partial charge on any atom is 0.0471 e. The van der Waals surface area contributed by atoms with E-state index < -0.39 is 0 Å². The fourth-order valence-corrected chi connectivity index (χ4v) is 2.37. The van der Waals surface area contributed by atoms with Crippen LogP contribution in [0.15, 0.2) is 18.2 Å². The minimum atomic E-state index is 0.828. The number of benzene rings is 1. The summed E-state index contributed by atoms with van der Waals surface area (Å²) in [5.74, 6) is 1.13. The van der Waals surface area contributed by atoms with Crippen molar-refractivity contribution in [2.45, 2.75) is 13.5 Å². The molecule has 17 heavy (non-hydrogen) atoms. The topological polar surface area (TPSA) is 15.3 Å². The van der Waals surface area contributed by atoms with Gasteiger partial charge in [-0.25, -0.2) is 0 Å². The Bertz CT molecular complexity index is 344. The number of rotatable bonds is 7. The summed E-state index contributed by atoms with van der Waals surface area (Å²) in [5, 5.41) is 4.19. The van der Waals surface area contributed by atoms with Crippen LogP contribution in [0.4, 0.5) is 5.69 Å². The molecule has 1 aromatic carbocycles. The van der Waals surface area contributed by atoms with Gasteiger partial charge in [-0.1, -0.05) is 24.6 Å². The van der Waals surface area contributed by atoms with Gasteiger partial charge in [-0.05, 0) is 24.9 Å². The van der Waals surface area contributed by atoms with Gasteiger partial charge in [0.2, 0.25) is 0 Å². The van der Waals surface area contributed by atoms with Gasteiger partial charge in [0.25, 0.3) is 0 Å². The van der Waals surface area contributed by atoms with Gasteiger partial charge in [0.1, 0.15) is 0 Å². The van der Waals surface area contributed by atoms with E-state index in [-0.39, 0.29) is 0 Å². The summed E-state index contributed by atoms with van der Waals surface area (Å²) < 4.78 is 0. The van der Waals surface area contributed by atoms with Crippen molar-refractivity contribution in [2.24, 2.45) is 0 Å². The Morgan fingerprint density at radius 3 is 2.82 bits per heavy atom. The van der Waals surface area contributed by atoms with Crippen molar-refractivity contribution in [2.75, 3.05) is 37.0 Å². The lowest BCUT2D eigenvalue weighted by Gasteiger charge is -2.23. The van der Waals surface area contributed by atoms with Gasteiger partial charge in [-0.15, -0.1) is 0 Å². The summed E-state index contributed by atoms with van der Waals surface area (Å²) in [4.78, 5) is 2.27. The molecule has 0 saturated carbocycles. The second-order valence-corrected chi connectivity index (χ2v) is 5.32. The SMILES string of the molecule is CCNCc1c(Cl)cccc1N(C)CCSC. The Kier molecular flexibility index (Phi) is 6.78. The van der Waals surface area contributed by atoms with E-state index in [9.17, 15) is 0 Å². The molecule has 1 aromatic rings. The molecular weight excluding hydrogens is 252 g/mol. The zero-order valence-electron chi connectivity index (χ0n) is 10.8. The smallest absolute Gasteiger partial charge is 0.0471 e. The van der Waals surface area contributed by atoms with E-state index in [0.29, 0.717) is 0 Å². The third-order valence-corrected chi connectivity index (χ3v) is 3.63. The molecule has 0 bridgehead atoms. The minimum Gasteiger partial charge on any atom is -0.373 e. The van der Waals surface area contributed by atoms with Gasteiger partial charge in [0, 0.05) is 42.2 Å². The first-order chi connectivity index (χ1) is 8.20. The fourth-order valence-electron chi connectivity index (χ4n) is 1.68. The van der Waals surface area contributed by atoms with Crippen molar-refractivity contribution in [3.63, 3.8) is 0 Å². The van der Waals surface area contributed by atoms with Crippen molar-refractivity contribution in [1.29, 1.82) is 0 Å². The third-order valence-electron chi connectivity index (χ3n) is 2.69. The normalized spacial score (nSPS) is 10.6. The van der Waals surface area contributed by atoms with Crippen LogP contribution in [0.1, 0.15) is 12.5 Å². The highest BCUT2D eigenvalue weighted by Gasteiger charge is 2.09. The minimum absolute atomic E-state index is 0.828. The standard InChI is InChI=1S/C13H21ClN2S/c1-4-15-10-11-12(14)6-5-7-13(11)16(2)8-9-17-3/h5-7,15H,4,8-10H2,1-3H3. The van der Waals surface area contributed by atoms with Gasteiger partial charge >= 0.3 is 0 Å². The highest BCUT2D eigenvalue weighted by atomic mass is 35.5. The van der Waals surface area contributed by atoms with Crippen molar-refractivity contribution < 1.29 is 0 Å². The van der Waals surface area contributed by atoms with Crippen LogP contribution in [0.5, 0.6) is 0 Å². The maximum atomic E-state index is 6.27. The van der Waals surface area contributed by atoms with Crippen LogP contribution < -0.4 is 10.2 Å². The average Bonchev–Trinajstić information content (AvgIpc) is 2.34. The van der Waals surface area contributed by atoms with Gasteiger partial charge in [0.05, 0.1) is 0 Å². The lowest BCUT2D eigenvalue weighted by Crippen LogP contribution is -2.23. The van der Waals surface area contributed by atoms with Crippen LogP contribution in [0, 0.1) is 0 Å². The summed E-state index contributed by atoms with van der Waals surface area (Å²) >= 11 is 8.13. The molecule has 0 spiro atoms.